The van der Waals surface area contributed by atoms with E-state index in [1.165, 1.54) is 5.56 Å². The molecule has 0 fully saturated rings. The molecule has 3 rings (SSSR count). The molecule has 6 nitrogen and oxygen atoms in total. The van der Waals surface area contributed by atoms with Gasteiger partial charge in [-0.2, -0.15) is 0 Å². The Kier molecular flexibility index (Phi) is 3.65. The van der Waals surface area contributed by atoms with E-state index in [4.69, 9.17) is 4.42 Å². The molecule has 22 heavy (non-hydrogen) atoms. The minimum absolute atomic E-state index is 0.360. The molecule has 0 aliphatic rings. The van der Waals surface area contributed by atoms with Crippen LogP contribution in [0.2, 0.25) is 0 Å². The van der Waals surface area contributed by atoms with Crippen molar-refractivity contribution >= 4 is 28.5 Å². The molecule has 1 heterocycles. The lowest BCUT2D eigenvalue weighted by Crippen LogP contribution is -2.19. The van der Waals surface area contributed by atoms with Crippen molar-refractivity contribution < 1.29 is 9.21 Å². The van der Waals surface area contributed by atoms with Crippen LogP contribution in [0.1, 0.15) is 12.5 Å². The van der Waals surface area contributed by atoms with Crippen molar-refractivity contribution in [3.63, 3.8) is 0 Å². The van der Waals surface area contributed by atoms with E-state index in [2.05, 4.69) is 22.5 Å². The third-order valence-electron chi connectivity index (χ3n) is 3.30. The molecule has 0 unspecified atom stereocenters. The van der Waals surface area contributed by atoms with Crippen LogP contribution in [0.3, 0.4) is 0 Å². The van der Waals surface area contributed by atoms with E-state index in [1.807, 2.05) is 24.3 Å². The lowest BCUT2D eigenvalue weighted by molar-refractivity contribution is 0.262. The van der Waals surface area contributed by atoms with Crippen molar-refractivity contribution in [2.24, 2.45) is 0 Å². The SMILES string of the molecule is CCc1ccc(NC(=O)Nc2ccc3[nH]c(=O)oc3c2)cc1. The van der Waals surface area contributed by atoms with Crippen LogP contribution >= 0.6 is 0 Å². The molecule has 2 amide bonds. The molecule has 2 aromatic carbocycles. The van der Waals surface area contributed by atoms with Crippen molar-refractivity contribution in [1.82, 2.24) is 4.98 Å². The Morgan fingerprint density at radius 2 is 1.77 bits per heavy atom. The summed E-state index contributed by atoms with van der Waals surface area (Å²) in [6, 6.07) is 12.2. The van der Waals surface area contributed by atoms with Crippen molar-refractivity contribution in [3.8, 4) is 0 Å². The zero-order chi connectivity index (χ0) is 15.5. The first-order valence-corrected chi connectivity index (χ1v) is 6.94. The molecule has 0 atom stereocenters. The number of nitrogens with one attached hydrogen (secondary N) is 3. The second-order valence-corrected chi connectivity index (χ2v) is 4.86. The second-order valence-electron chi connectivity index (χ2n) is 4.86. The normalized spacial score (nSPS) is 10.6. The Hall–Kier alpha value is -3.02. The van der Waals surface area contributed by atoms with E-state index in [9.17, 15) is 9.59 Å². The highest BCUT2D eigenvalue weighted by Gasteiger charge is 2.06. The van der Waals surface area contributed by atoms with E-state index in [1.54, 1.807) is 18.2 Å². The molecule has 0 saturated heterocycles. The highest BCUT2D eigenvalue weighted by Crippen LogP contribution is 2.17. The molecular formula is C16H15N3O3. The average molecular weight is 297 g/mol. The summed E-state index contributed by atoms with van der Waals surface area (Å²) in [4.78, 5) is 25.6. The van der Waals surface area contributed by atoms with Crippen molar-refractivity contribution in [2.75, 3.05) is 10.6 Å². The number of urea groups is 1. The van der Waals surface area contributed by atoms with Gasteiger partial charge in [0.25, 0.3) is 0 Å². The highest BCUT2D eigenvalue weighted by atomic mass is 16.4. The van der Waals surface area contributed by atoms with Crippen molar-refractivity contribution in [1.29, 1.82) is 0 Å². The van der Waals surface area contributed by atoms with Gasteiger partial charge in [0.1, 0.15) is 0 Å². The van der Waals surface area contributed by atoms with E-state index < -0.39 is 5.76 Å². The minimum Gasteiger partial charge on any atom is -0.408 e. The third-order valence-corrected chi connectivity index (χ3v) is 3.30. The molecule has 1 aromatic heterocycles. The molecule has 112 valence electrons. The summed E-state index contributed by atoms with van der Waals surface area (Å²) < 4.78 is 4.95. The Balaban J connectivity index is 1.70. The number of hydrogen-bond acceptors (Lipinski definition) is 3. The van der Waals surface area contributed by atoms with Crippen LogP contribution in [0.5, 0.6) is 0 Å². The number of oxazole rings is 1. The number of aromatic nitrogens is 1. The van der Waals surface area contributed by atoms with Crippen LogP contribution in [0.25, 0.3) is 11.1 Å². The van der Waals surface area contributed by atoms with Crippen LogP contribution < -0.4 is 16.4 Å². The zero-order valence-corrected chi connectivity index (χ0v) is 12.0. The van der Waals surface area contributed by atoms with Gasteiger partial charge in [0.2, 0.25) is 0 Å². The second kappa shape index (κ2) is 5.77. The molecule has 0 aliphatic carbocycles. The Bertz CT molecular complexity index is 862. The fraction of sp³-hybridized carbons (Fsp3) is 0.125. The quantitative estimate of drug-likeness (QED) is 0.693. The van der Waals surface area contributed by atoms with Gasteiger partial charge >= 0.3 is 11.8 Å². The average Bonchev–Trinajstić information content (AvgIpc) is 2.87. The van der Waals surface area contributed by atoms with Crippen molar-refractivity contribution in [2.45, 2.75) is 13.3 Å². The fourth-order valence-corrected chi connectivity index (χ4v) is 2.14. The van der Waals surface area contributed by atoms with Crippen LogP contribution in [0.4, 0.5) is 16.2 Å². The maximum absolute atomic E-state index is 12.0. The summed E-state index contributed by atoms with van der Waals surface area (Å²) in [7, 11) is 0. The molecule has 3 aromatic rings. The van der Waals surface area contributed by atoms with E-state index >= 15 is 0 Å². The summed E-state index contributed by atoms with van der Waals surface area (Å²) in [5.74, 6) is -0.521. The largest absolute Gasteiger partial charge is 0.417 e. The van der Waals surface area contributed by atoms with E-state index in [0.717, 1.165) is 6.42 Å². The van der Waals surface area contributed by atoms with Gasteiger partial charge in [0.05, 0.1) is 5.52 Å². The zero-order valence-electron chi connectivity index (χ0n) is 12.0. The standard InChI is InChI=1S/C16H15N3O3/c1-2-10-3-5-11(6-4-10)17-15(20)18-12-7-8-13-14(9-12)22-16(21)19-13/h3-9H,2H2,1H3,(H,19,21)(H2,17,18,20). The van der Waals surface area contributed by atoms with Gasteiger partial charge in [0, 0.05) is 17.4 Å². The first-order chi connectivity index (χ1) is 10.6. The van der Waals surface area contributed by atoms with Crippen molar-refractivity contribution in [3.05, 3.63) is 58.6 Å². The molecule has 0 saturated carbocycles. The molecule has 3 N–H and O–H groups in total. The number of hydrogen-bond donors (Lipinski definition) is 3. The van der Waals surface area contributed by atoms with E-state index in [-0.39, 0.29) is 6.03 Å². The number of anilines is 2. The van der Waals surface area contributed by atoms with Gasteiger partial charge in [-0.25, -0.2) is 9.59 Å². The monoisotopic (exact) mass is 297 g/mol. The number of fused-ring (bicyclic) bond motifs is 1. The number of aryl methyl sites for hydroxylation is 1. The molecule has 0 radical (unpaired) electrons. The predicted octanol–water partition coefficient (Wildman–Crippen LogP) is 3.33. The lowest BCUT2D eigenvalue weighted by Gasteiger charge is -2.08. The smallest absolute Gasteiger partial charge is 0.408 e. The number of aromatic amines is 1. The summed E-state index contributed by atoms with van der Waals surface area (Å²) >= 11 is 0. The molecular weight excluding hydrogens is 282 g/mol. The Labute approximate surface area is 126 Å². The predicted molar refractivity (Wildman–Crippen MR) is 85.3 cm³/mol. The van der Waals surface area contributed by atoms with Gasteiger partial charge in [-0.15, -0.1) is 0 Å². The fourth-order valence-electron chi connectivity index (χ4n) is 2.14. The molecule has 0 aliphatic heterocycles. The summed E-state index contributed by atoms with van der Waals surface area (Å²) in [6.07, 6.45) is 0.953. The van der Waals surface area contributed by atoms with Gasteiger partial charge < -0.3 is 15.1 Å². The maximum Gasteiger partial charge on any atom is 0.417 e. The number of carbonyl (C=O) groups is 1. The van der Waals surface area contributed by atoms with Crippen LogP contribution in [-0.2, 0) is 6.42 Å². The minimum atomic E-state index is -0.521. The summed E-state index contributed by atoms with van der Waals surface area (Å²) in [6.45, 7) is 2.07. The van der Waals surface area contributed by atoms with Crippen LogP contribution in [0, 0.1) is 0 Å². The lowest BCUT2D eigenvalue weighted by atomic mass is 10.1. The molecule has 0 spiro atoms. The molecule has 6 heteroatoms. The number of H-pyrrole nitrogens is 1. The van der Waals surface area contributed by atoms with Crippen LogP contribution in [-0.4, -0.2) is 11.0 Å². The Morgan fingerprint density at radius 1 is 1.09 bits per heavy atom. The maximum atomic E-state index is 12.0. The van der Waals surface area contributed by atoms with Gasteiger partial charge in [0.15, 0.2) is 5.58 Å². The number of amides is 2. The van der Waals surface area contributed by atoms with Crippen LogP contribution in [0.15, 0.2) is 51.7 Å². The van der Waals surface area contributed by atoms with Gasteiger partial charge in [-0.1, -0.05) is 19.1 Å². The highest BCUT2D eigenvalue weighted by molar-refractivity contribution is 6.00. The Morgan fingerprint density at radius 3 is 2.50 bits per heavy atom. The summed E-state index contributed by atoms with van der Waals surface area (Å²) in [5, 5.41) is 5.44. The number of rotatable bonds is 3. The summed E-state index contributed by atoms with van der Waals surface area (Å²) in [5.41, 5.74) is 3.45. The van der Waals surface area contributed by atoms with E-state index in [0.29, 0.717) is 22.5 Å². The van der Waals surface area contributed by atoms with Gasteiger partial charge in [-0.05, 0) is 36.2 Å². The first kappa shape index (κ1) is 13.9. The number of carbonyl (C=O) groups excluding carboxylic acids is 1. The molecule has 0 bridgehead atoms. The number of benzene rings is 2. The third kappa shape index (κ3) is 3.01. The topological polar surface area (TPSA) is 87.1 Å². The first-order valence-electron chi connectivity index (χ1n) is 6.94. The van der Waals surface area contributed by atoms with Gasteiger partial charge in [-0.3, -0.25) is 4.98 Å².